The largest absolute Gasteiger partial charge is 0.394 e. The summed E-state index contributed by atoms with van der Waals surface area (Å²) in [5, 5.41) is 8.06. The van der Waals surface area contributed by atoms with E-state index in [-0.39, 0.29) is 17.7 Å². The lowest BCUT2D eigenvalue weighted by molar-refractivity contribution is -0.115. The summed E-state index contributed by atoms with van der Waals surface area (Å²) >= 11 is 0. The Hall–Kier alpha value is -2.26. The van der Waals surface area contributed by atoms with E-state index in [0.29, 0.717) is 0 Å². The van der Waals surface area contributed by atoms with Gasteiger partial charge in [-0.2, -0.15) is 0 Å². The number of aliphatic hydroxyl groups excluding tert-OH is 1. The van der Waals surface area contributed by atoms with Gasteiger partial charge in [-0.15, -0.1) is 0 Å². The van der Waals surface area contributed by atoms with Crippen molar-refractivity contribution in [3.05, 3.63) is 71.8 Å². The zero-order valence-corrected chi connectivity index (χ0v) is 17.6. The quantitative estimate of drug-likeness (QED) is 0.668. The molecule has 0 bridgehead atoms. The molecule has 0 aromatic heterocycles. The molecule has 146 valence electrons. The number of ketones is 2. The van der Waals surface area contributed by atoms with E-state index in [1.807, 2.05) is 36.4 Å². The van der Waals surface area contributed by atoms with E-state index in [0.717, 1.165) is 0 Å². The number of carbonyl (C=O) groups excluding carboxylic acids is 2. The summed E-state index contributed by atoms with van der Waals surface area (Å²) < 4.78 is 0. The summed E-state index contributed by atoms with van der Waals surface area (Å²) in [6.07, 6.45) is -0.167. The molecule has 2 aromatic carbocycles. The first kappa shape index (κ1) is 28.5. The highest BCUT2D eigenvalue weighted by Crippen LogP contribution is 1.92. The molecule has 0 saturated heterocycles. The van der Waals surface area contributed by atoms with Crippen molar-refractivity contribution in [1.29, 1.82) is 0 Å². The number of aliphatic hydroxyl groups is 1. The van der Waals surface area contributed by atoms with Crippen LogP contribution in [-0.2, 0) is 9.59 Å². The minimum Gasteiger partial charge on any atom is -0.394 e. The van der Waals surface area contributed by atoms with Crippen molar-refractivity contribution >= 4 is 11.6 Å². The van der Waals surface area contributed by atoms with Crippen molar-refractivity contribution in [3.63, 3.8) is 0 Å². The third-order valence-corrected chi connectivity index (χ3v) is 1.88. The van der Waals surface area contributed by atoms with Crippen LogP contribution in [0.4, 0.5) is 0 Å². The first-order chi connectivity index (χ1) is 12.0. The standard InChI is InChI=1S/2C7H8.C3H8O.2C3H6O/c2*1-7-5-3-2-4-6-7;3*1-3(2)4/h2*2-6H,1H3;3-4H,1-2H3;2*1-2H3. The first-order valence-corrected chi connectivity index (χ1v) is 8.64. The number of hydrogen-bond donors (Lipinski definition) is 1. The minimum absolute atomic E-state index is 0.167. The number of Topliss-reactive ketones (excluding diaryl/α,β-unsaturated/α-hetero) is 2. The van der Waals surface area contributed by atoms with Gasteiger partial charge < -0.3 is 14.7 Å². The van der Waals surface area contributed by atoms with Crippen molar-refractivity contribution in [3.8, 4) is 0 Å². The van der Waals surface area contributed by atoms with Crippen LogP contribution >= 0.6 is 0 Å². The highest BCUT2D eigenvalue weighted by atomic mass is 16.3. The highest BCUT2D eigenvalue weighted by molar-refractivity contribution is 5.72. The molecule has 0 radical (unpaired) electrons. The van der Waals surface area contributed by atoms with Gasteiger partial charge in [0.25, 0.3) is 0 Å². The van der Waals surface area contributed by atoms with Crippen LogP contribution in [0.1, 0.15) is 52.7 Å². The van der Waals surface area contributed by atoms with Crippen LogP contribution < -0.4 is 0 Å². The summed E-state index contributed by atoms with van der Waals surface area (Å²) in [4.78, 5) is 18.9. The minimum atomic E-state index is -0.167. The molecule has 0 saturated carbocycles. The lowest BCUT2D eigenvalue weighted by Crippen LogP contribution is -1.85. The Bertz CT molecular complexity index is 486. The third-order valence-electron chi connectivity index (χ3n) is 1.88. The zero-order valence-electron chi connectivity index (χ0n) is 17.6. The van der Waals surface area contributed by atoms with E-state index in [4.69, 9.17) is 5.11 Å². The van der Waals surface area contributed by atoms with Crippen LogP contribution in [0.5, 0.6) is 0 Å². The molecule has 0 atom stereocenters. The lowest BCUT2D eigenvalue weighted by atomic mass is 10.2. The maximum atomic E-state index is 9.44. The van der Waals surface area contributed by atoms with Gasteiger partial charge in [0.1, 0.15) is 11.6 Å². The van der Waals surface area contributed by atoms with Gasteiger partial charge in [-0.05, 0) is 55.4 Å². The third kappa shape index (κ3) is 49.5. The van der Waals surface area contributed by atoms with Crippen molar-refractivity contribution < 1.29 is 14.7 Å². The number of carbonyl (C=O) groups is 2. The average Bonchev–Trinajstić information content (AvgIpc) is 2.47. The summed E-state index contributed by atoms with van der Waals surface area (Å²) in [6, 6.07) is 20.5. The molecule has 3 heteroatoms. The Kier molecular flexibility index (Phi) is 22.8. The van der Waals surface area contributed by atoms with Gasteiger partial charge in [-0.1, -0.05) is 71.8 Å². The van der Waals surface area contributed by atoms with E-state index in [1.165, 1.54) is 38.8 Å². The van der Waals surface area contributed by atoms with Crippen molar-refractivity contribution in [2.75, 3.05) is 0 Å². The molecule has 0 fully saturated rings. The van der Waals surface area contributed by atoms with Crippen molar-refractivity contribution in [2.45, 2.75) is 61.5 Å². The SMILES string of the molecule is CC(C)=O.CC(C)=O.CC(C)O.Cc1ccccc1.Cc1ccccc1. The fourth-order valence-corrected chi connectivity index (χ4v) is 1.07. The lowest BCUT2D eigenvalue weighted by Gasteiger charge is -1.82. The Morgan fingerprint density at radius 2 is 0.808 bits per heavy atom. The molecular weight excluding hydrogens is 324 g/mol. The second kappa shape index (κ2) is 20.8. The average molecular weight is 361 g/mol. The van der Waals surface area contributed by atoms with E-state index in [1.54, 1.807) is 13.8 Å². The van der Waals surface area contributed by atoms with Gasteiger partial charge in [0, 0.05) is 6.10 Å². The Morgan fingerprint density at radius 1 is 0.654 bits per heavy atom. The second-order valence-electron chi connectivity index (χ2n) is 6.22. The van der Waals surface area contributed by atoms with Gasteiger partial charge in [0.15, 0.2) is 0 Å². The molecule has 0 aliphatic rings. The highest BCUT2D eigenvalue weighted by Gasteiger charge is 1.72. The van der Waals surface area contributed by atoms with Gasteiger partial charge in [0.2, 0.25) is 0 Å². The van der Waals surface area contributed by atoms with Crippen LogP contribution in [0.15, 0.2) is 60.7 Å². The molecule has 2 rings (SSSR count). The molecule has 0 spiro atoms. The molecule has 0 aliphatic heterocycles. The van der Waals surface area contributed by atoms with E-state index >= 15 is 0 Å². The van der Waals surface area contributed by atoms with Crippen LogP contribution in [0.25, 0.3) is 0 Å². The van der Waals surface area contributed by atoms with Gasteiger partial charge in [-0.25, -0.2) is 0 Å². The summed E-state index contributed by atoms with van der Waals surface area (Å²) in [6.45, 7) is 13.7. The van der Waals surface area contributed by atoms with E-state index in [2.05, 4.69) is 38.1 Å². The van der Waals surface area contributed by atoms with Crippen LogP contribution in [0.2, 0.25) is 0 Å². The van der Waals surface area contributed by atoms with Gasteiger partial charge in [-0.3, -0.25) is 0 Å². The fraction of sp³-hybridized carbons (Fsp3) is 0.391. The molecule has 26 heavy (non-hydrogen) atoms. The monoisotopic (exact) mass is 360 g/mol. The van der Waals surface area contributed by atoms with Crippen LogP contribution in [0, 0.1) is 13.8 Å². The topological polar surface area (TPSA) is 54.4 Å². The van der Waals surface area contributed by atoms with Crippen LogP contribution in [0.3, 0.4) is 0 Å². The van der Waals surface area contributed by atoms with Crippen LogP contribution in [-0.4, -0.2) is 22.8 Å². The molecule has 2 aromatic rings. The maximum Gasteiger partial charge on any atom is 0.126 e. The van der Waals surface area contributed by atoms with E-state index < -0.39 is 0 Å². The predicted molar refractivity (Wildman–Crippen MR) is 112 cm³/mol. The van der Waals surface area contributed by atoms with Gasteiger partial charge >= 0.3 is 0 Å². The molecule has 0 amide bonds. The molecule has 1 N–H and O–H groups in total. The number of aryl methyl sites for hydroxylation is 2. The first-order valence-electron chi connectivity index (χ1n) is 8.64. The zero-order chi connectivity index (χ0) is 21.0. The molecular formula is C23H36O3. The van der Waals surface area contributed by atoms with E-state index in [9.17, 15) is 9.59 Å². The second-order valence-corrected chi connectivity index (χ2v) is 6.22. The van der Waals surface area contributed by atoms with Gasteiger partial charge in [0.05, 0.1) is 0 Å². The fourth-order valence-electron chi connectivity index (χ4n) is 1.07. The normalized spacial score (nSPS) is 8.08. The summed E-state index contributed by atoms with van der Waals surface area (Å²) in [5.74, 6) is 0.333. The predicted octanol–water partition coefficient (Wildman–Crippen LogP) is 5.57. The molecule has 0 heterocycles. The van der Waals surface area contributed by atoms with Crippen molar-refractivity contribution in [2.24, 2.45) is 0 Å². The molecule has 0 unspecified atom stereocenters. The summed E-state index contributed by atoms with van der Waals surface area (Å²) in [5.41, 5.74) is 2.64. The Balaban J connectivity index is -0.000000264. The maximum absolute atomic E-state index is 9.44. The number of benzene rings is 2. The summed E-state index contributed by atoms with van der Waals surface area (Å²) in [7, 11) is 0. The Morgan fingerprint density at radius 3 is 0.885 bits per heavy atom. The van der Waals surface area contributed by atoms with Crippen molar-refractivity contribution in [1.82, 2.24) is 0 Å². The Labute approximate surface area is 160 Å². The number of hydrogen-bond acceptors (Lipinski definition) is 3. The smallest absolute Gasteiger partial charge is 0.126 e. The molecule has 0 aliphatic carbocycles. The molecule has 3 nitrogen and oxygen atoms in total. The number of rotatable bonds is 0.